The number of hydrogen-bond acceptors (Lipinski definition) is 3. The molecule has 1 heterocycles. The molecular formula is C17H15Cl3N2O3. The number of halogens is 3. The molecule has 3 amide bonds. The van der Waals surface area contributed by atoms with Gasteiger partial charge in [0.1, 0.15) is 0 Å². The first-order valence-corrected chi connectivity index (χ1v) is 8.95. The molecular weight excluding hydrogens is 387 g/mol. The Labute approximate surface area is 159 Å². The van der Waals surface area contributed by atoms with Gasteiger partial charge in [0, 0.05) is 23.0 Å². The zero-order valence-corrected chi connectivity index (χ0v) is 15.4. The van der Waals surface area contributed by atoms with Crippen LogP contribution < -0.4 is 5.32 Å². The van der Waals surface area contributed by atoms with Gasteiger partial charge in [-0.25, -0.2) is 0 Å². The predicted molar refractivity (Wildman–Crippen MR) is 96.6 cm³/mol. The largest absolute Gasteiger partial charge is 0.325 e. The van der Waals surface area contributed by atoms with Crippen molar-refractivity contribution in [3.8, 4) is 0 Å². The summed E-state index contributed by atoms with van der Waals surface area (Å²) in [5.74, 6) is -1.61. The maximum Gasteiger partial charge on any atom is 0.233 e. The van der Waals surface area contributed by atoms with Crippen LogP contribution >= 0.6 is 34.8 Å². The molecule has 1 N–H and O–H groups in total. The van der Waals surface area contributed by atoms with Gasteiger partial charge in [-0.05, 0) is 31.0 Å². The van der Waals surface area contributed by atoms with Crippen LogP contribution in [0.15, 0.2) is 29.3 Å². The molecule has 8 heteroatoms. The van der Waals surface area contributed by atoms with E-state index in [2.05, 4.69) is 5.32 Å². The van der Waals surface area contributed by atoms with E-state index in [1.807, 2.05) is 0 Å². The fraction of sp³-hybridized carbons (Fsp3) is 0.353. The third-order valence-corrected chi connectivity index (χ3v) is 5.30. The minimum atomic E-state index is -0.407. The summed E-state index contributed by atoms with van der Waals surface area (Å²) in [7, 11) is 0. The summed E-state index contributed by atoms with van der Waals surface area (Å²) in [5, 5.41) is 4.05. The molecule has 5 nitrogen and oxygen atoms in total. The molecule has 25 heavy (non-hydrogen) atoms. The van der Waals surface area contributed by atoms with Crippen molar-refractivity contribution in [3.63, 3.8) is 0 Å². The predicted octanol–water partition coefficient (Wildman–Crippen LogP) is 3.84. The van der Waals surface area contributed by atoms with Crippen LogP contribution in [0.2, 0.25) is 10.0 Å². The number of benzene rings is 1. The molecule has 1 fully saturated rings. The van der Waals surface area contributed by atoms with Gasteiger partial charge in [0.15, 0.2) is 0 Å². The Hall–Kier alpha value is -1.56. The smallest absolute Gasteiger partial charge is 0.233 e. The Morgan fingerprint density at radius 1 is 1.16 bits per heavy atom. The van der Waals surface area contributed by atoms with Gasteiger partial charge in [0.25, 0.3) is 0 Å². The van der Waals surface area contributed by atoms with Crippen LogP contribution in [0, 0.1) is 11.8 Å². The van der Waals surface area contributed by atoms with Gasteiger partial charge in [0.05, 0.1) is 22.5 Å². The third kappa shape index (κ3) is 3.84. The van der Waals surface area contributed by atoms with E-state index in [0.717, 1.165) is 4.90 Å². The lowest BCUT2D eigenvalue weighted by molar-refractivity contribution is -0.140. The fourth-order valence-electron chi connectivity index (χ4n) is 3.14. The summed E-state index contributed by atoms with van der Waals surface area (Å²) in [6.07, 6.45) is 2.62. The van der Waals surface area contributed by atoms with E-state index >= 15 is 0 Å². The second-order valence-electron chi connectivity index (χ2n) is 6.05. The summed E-state index contributed by atoms with van der Waals surface area (Å²) in [4.78, 5) is 38.1. The first-order chi connectivity index (χ1) is 11.9. The molecule has 2 atom stereocenters. The number of imide groups is 1. The second kappa shape index (κ2) is 7.36. The van der Waals surface area contributed by atoms with E-state index in [1.165, 1.54) is 6.07 Å². The van der Waals surface area contributed by atoms with Gasteiger partial charge in [-0.3, -0.25) is 19.3 Å². The zero-order chi connectivity index (χ0) is 18.1. The second-order valence-corrected chi connectivity index (χ2v) is 7.38. The number of carbonyl (C=O) groups is 3. The number of anilines is 1. The standard InChI is InChI=1S/C17H15Cl3N2O3/c18-9-1-3-11-12(7-9)17(25)22(16(11)24)6-5-15(23)21-14-8-10(19)2-4-13(14)20/h1-2,4,8,11-12H,3,5-7H2,(H,21,23)/t11-,12-/m0/s1. The Morgan fingerprint density at radius 2 is 1.88 bits per heavy atom. The van der Waals surface area contributed by atoms with Crippen molar-refractivity contribution in [2.24, 2.45) is 11.8 Å². The highest BCUT2D eigenvalue weighted by molar-refractivity contribution is 6.35. The number of carbonyl (C=O) groups excluding carboxylic acids is 3. The van der Waals surface area contributed by atoms with Crippen molar-refractivity contribution in [2.45, 2.75) is 19.3 Å². The summed E-state index contributed by atoms with van der Waals surface area (Å²) in [6.45, 7) is 0.0340. The first kappa shape index (κ1) is 18.2. The number of fused-ring (bicyclic) bond motifs is 1. The lowest BCUT2D eigenvalue weighted by Crippen LogP contribution is -2.34. The Bertz CT molecular complexity index is 778. The summed E-state index contributed by atoms with van der Waals surface area (Å²) in [6, 6.07) is 4.73. The highest BCUT2D eigenvalue weighted by atomic mass is 35.5. The van der Waals surface area contributed by atoms with Gasteiger partial charge in [0.2, 0.25) is 17.7 Å². The fourth-order valence-corrected chi connectivity index (χ4v) is 3.73. The summed E-state index contributed by atoms with van der Waals surface area (Å²) >= 11 is 17.9. The molecule has 1 aliphatic heterocycles. The molecule has 2 aliphatic rings. The maximum absolute atomic E-state index is 12.4. The van der Waals surface area contributed by atoms with Crippen molar-refractivity contribution >= 4 is 58.2 Å². The van der Waals surface area contributed by atoms with Crippen molar-refractivity contribution < 1.29 is 14.4 Å². The molecule has 0 unspecified atom stereocenters. The summed E-state index contributed by atoms with van der Waals surface area (Å²) < 4.78 is 0. The number of likely N-dealkylation sites (tertiary alicyclic amines) is 1. The minimum absolute atomic E-state index is 0.0130. The van der Waals surface area contributed by atoms with Gasteiger partial charge in [-0.15, -0.1) is 0 Å². The van der Waals surface area contributed by atoms with Crippen molar-refractivity contribution in [1.29, 1.82) is 0 Å². The van der Waals surface area contributed by atoms with Gasteiger partial charge in [-0.2, -0.15) is 0 Å². The number of nitrogens with zero attached hydrogens (tertiary/aromatic N) is 1. The van der Waals surface area contributed by atoms with Crippen LogP contribution in [0.25, 0.3) is 0 Å². The normalized spacial score (nSPS) is 22.7. The van der Waals surface area contributed by atoms with Gasteiger partial charge >= 0.3 is 0 Å². The molecule has 0 aromatic heterocycles. The topological polar surface area (TPSA) is 66.5 Å². The van der Waals surface area contributed by atoms with Crippen LogP contribution in [0.5, 0.6) is 0 Å². The van der Waals surface area contributed by atoms with Crippen LogP contribution in [0.1, 0.15) is 19.3 Å². The average molecular weight is 402 g/mol. The molecule has 132 valence electrons. The van der Waals surface area contributed by atoms with E-state index in [-0.39, 0.29) is 36.6 Å². The van der Waals surface area contributed by atoms with Crippen LogP contribution in [0.4, 0.5) is 5.69 Å². The van der Waals surface area contributed by atoms with E-state index in [1.54, 1.807) is 18.2 Å². The molecule has 1 aliphatic carbocycles. The molecule has 1 aromatic rings. The molecule has 0 spiro atoms. The minimum Gasteiger partial charge on any atom is -0.325 e. The maximum atomic E-state index is 12.4. The Balaban J connectivity index is 1.60. The molecule has 0 radical (unpaired) electrons. The number of amides is 3. The lowest BCUT2D eigenvalue weighted by Gasteiger charge is -2.17. The van der Waals surface area contributed by atoms with Crippen LogP contribution in [0.3, 0.4) is 0 Å². The zero-order valence-electron chi connectivity index (χ0n) is 13.1. The average Bonchev–Trinajstić information content (AvgIpc) is 2.80. The lowest BCUT2D eigenvalue weighted by atomic mass is 9.85. The molecule has 0 bridgehead atoms. The first-order valence-electron chi connectivity index (χ1n) is 7.81. The number of allylic oxidation sites excluding steroid dienone is 2. The molecule has 1 saturated heterocycles. The Morgan fingerprint density at radius 3 is 2.64 bits per heavy atom. The van der Waals surface area contributed by atoms with Crippen LogP contribution in [-0.4, -0.2) is 29.2 Å². The van der Waals surface area contributed by atoms with Crippen LogP contribution in [-0.2, 0) is 14.4 Å². The molecule has 3 rings (SSSR count). The Kier molecular flexibility index (Phi) is 5.37. The van der Waals surface area contributed by atoms with Crippen molar-refractivity contribution in [2.75, 3.05) is 11.9 Å². The molecule has 1 aromatic carbocycles. The van der Waals surface area contributed by atoms with E-state index in [4.69, 9.17) is 34.8 Å². The van der Waals surface area contributed by atoms with Crippen molar-refractivity contribution in [1.82, 2.24) is 4.90 Å². The van der Waals surface area contributed by atoms with Gasteiger partial charge < -0.3 is 5.32 Å². The van der Waals surface area contributed by atoms with E-state index in [0.29, 0.717) is 33.6 Å². The highest BCUT2D eigenvalue weighted by Gasteiger charge is 2.48. The number of rotatable bonds is 4. The monoisotopic (exact) mass is 400 g/mol. The third-order valence-electron chi connectivity index (χ3n) is 4.43. The van der Waals surface area contributed by atoms with Crippen molar-refractivity contribution in [3.05, 3.63) is 39.4 Å². The summed E-state index contributed by atoms with van der Waals surface area (Å²) in [5.41, 5.74) is 0.392. The van der Waals surface area contributed by atoms with E-state index < -0.39 is 5.92 Å². The van der Waals surface area contributed by atoms with E-state index in [9.17, 15) is 14.4 Å². The SMILES string of the molecule is O=C(CCN1C(=O)[C@H]2CC=C(Cl)C[C@@H]2C1=O)Nc1cc(Cl)ccc1Cl. The number of hydrogen-bond donors (Lipinski definition) is 1. The quantitative estimate of drug-likeness (QED) is 0.780. The number of nitrogens with one attached hydrogen (secondary N) is 1. The van der Waals surface area contributed by atoms with Gasteiger partial charge in [-0.1, -0.05) is 40.9 Å². The molecule has 0 saturated carbocycles. The highest BCUT2D eigenvalue weighted by Crippen LogP contribution is 2.38.